The van der Waals surface area contributed by atoms with Gasteiger partial charge < -0.3 is 27.1 Å². The van der Waals surface area contributed by atoms with Crippen LogP contribution in [0.15, 0.2) is 0 Å². The van der Waals surface area contributed by atoms with Crippen molar-refractivity contribution in [3.63, 3.8) is 0 Å². The summed E-state index contributed by atoms with van der Waals surface area (Å²) in [6.45, 7) is 23.3. The Hall–Kier alpha value is -2.09. The number of hydrogen-bond acceptors (Lipinski definition) is 15. The fourth-order valence-electron chi connectivity index (χ4n) is 7.96. The molecule has 0 aliphatic rings. The second-order valence-corrected chi connectivity index (χ2v) is 23.4. The summed E-state index contributed by atoms with van der Waals surface area (Å²) in [6.07, 6.45) is 24.0. The van der Waals surface area contributed by atoms with E-state index in [0.717, 1.165) is 116 Å². The van der Waals surface area contributed by atoms with Crippen LogP contribution in [0.1, 0.15) is 276 Å². The van der Waals surface area contributed by atoms with Crippen molar-refractivity contribution in [1.82, 2.24) is 0 Å². The Kier molecular flexibility index (Phi) is 51.6. The minimum atomic E-state index is -4.72. The summed E-state index contributed by atoms with van der Waals surface area (Å²) in [5.74, 6) is -7.29. The van der Waals surface area contributed by atoms with Gasteiger partial charge in [0.2, 0.25) is 0 Å². The molecule has 22 heteroatoms. The molecule has 0 aromatic carbocycles. The second-order valence-electron chi connectivity index (χ2n) is 19.5. The number of carbonyl (C=O) groups is 6. The van der Waals surface area contributed by atoms with Crippen LogP contribution in [0.3, 0.4) is 0 Å². The van der Waals surface area contributed by atoms with E-state index in [2.05, 4.69) is 68.7 Å². The Morgan fingerprint density at radius 2 is 0.395 bits per heavy atom. The van der Waals surface area contributed by atoms with Gasteiger partial charge in [0.05, 0.1) is 35.5 Å². The Morgan fingerprint density at radius 3 is 0.487 bits per heavy atom. The molecule has 0 aliphatic carbocycles. The zero-order valence-electron chi connectivity index (χ0n) is 48.8. The van der Waals surface area contributed by atoms with Crippen LogP contribution in [-0.2, 0) is 86.7 Å². The first kappa shape index (κ1) is 80.4. The summed E-state index contributed by atoms with van der Waals surface area (Å²) in [5, 5.41) is 0. The monoisotopic (exact) mass is 1190 g/mol. The molecule has 0 saturated carbocycles. The van der Waals surface area contributed by atoms with Crippen molar-refractivity contribution in [2.75, 3.05) is 0 Å². The third kappa shape index (κ3) is 41.0. The summed E-state index contributed by atoms with van der Waals surface area (Å²) >= 11 is 0. The van der Waals surface area contributed by atoms with Gasteiger partial charge in [-0.25, -0.2) is 13.7 Å². The Morgan fingerprint density at radius 1 is 0.276 bits per heavy atom. The zero-order chi connectivity index (χ0) is 57.9. The average Bonchev–Trinajstić information content (AvgIpc) is 3.34. The molecule has 0 amide bonds. The van der Waals surface area contributed by atoms with E-state index in [4.69, 9.17) is 0 Å². The third-order valence-electron chi connectivity index (χ3n) is 13.1. The molecule has 0 rings (SSSR count). The minimum absolute atomic E-state index is 0. The van der Waals surface area contributed by atoms with Gasteiger partial charge in [-0.15, -0.1) is 0 Å². The van der Waals surface area contributed by atoms with Gasteiger partial charge in [-0.3, -0.25) is 43.4 Å². The molecule has 6 unspecified atom stereocenters. The Bertz CT molecular complexity index is 1400. The minimum Gasteiger partial charge on any atom is -0.361 e. The number of phosphoric ester groups is 3. The molecule has 0 aromatic rings. The number of carbonyl (C=O) groups excluding carboxylic acids is 6. The van der Waals surface area contributed by atoms with Gasteiger partial charge in [-0.2, -0.15) is 0 Å². The van der Waals surface area contributed by atoms with Crippen LogP contribution >= 0.6 is 23.5 Å². The van der Waals surface area contributed by atoms with Gasteiger partial charge in [0.1, 0.15) is 0 Å². The molecule has 76 heavy (non-hydrogen) atoms. The summed E-state index contributed by atoms with van der Waals surface area (Å²) in [7, 11) is -14.1. The van der Waals surface area contributed by atoms with E-state index in [9.17, 15) is 57.1 Å². The van der Waals surface area contributed by atoms with Crippen molar-refractivity contribution >= 4 is 59.3 Å². The van der Waals surface area contributed by atoms with E-state index in [1.165, 1.54) is 0 Å². The second kappa shape index (κ2) is 48.8. The van der Waals surface area contributed by atoms with Crippen molar-refractivity contribution in [1.29, 1.82) is 0 Å². The van der Waals surface area contributed by atoms with E-state index in [1.807, 2.05) is 41.5 Å². The molecule has 18 nitrogen and oxygen atoms in total. The zero-order valence-corrected chi connectivity index (χ0v) is 52.6. The number of rotatable bonds is 42. The van der Waals surface area contributed by atoms with Crippen molar-refractivity contribution in [3.8, 4) is 0 Å². The molecule has 0 saturated heterocycles. The largest absolute Gasteiger partial charge is 0.589 e. The van der Waals surface area contributed by atoms with E-state index in [0.29, 0.717) is 77.0 Å². The fraction of sp³-hybridized carbons (Fsp3) is 0.889. The van der Waals surface area contributed by atoms with Crippen molar-refractivity contribution in [2.45, 2.75) is 276 Å². The van der Waals surface area contributed by atoms with Gasteiger partial charge in [-0.1, -0.05) is 199 Å². The number of unbranched alkanes of at least 4 members (excludes halogenated alkanes) is 12. The van der Waals surface area contributed by atoms with Crippen LogP contribution in [0.4, 0.5) is 0 Å². The summed E-state index contributed by atoms with van der Waals surface area (Å²) < 4.78 is 63.9. The molecule has 0 fully saturated rings. The molecular weight excluding hydrogens is 1090 g/mol. The number of phosphoric acid groups is 3. The SMILES string of the molecule is CCCCCC(CC)C(=O)OP(=O)(O)OC(=O)C(CC)CCCCC.CCCCCC(CC)C(=O)OP(=O)(O)OC(=O)C(CC)CCCCC.CCCCCC(CC)C(=O)OP(=O)(O)OC(=O)C(CC)CCCCC.[Fe]. The van der Waals surface area contributed by atoms with Crippen LogP contribution in [0.5, 0.6) is 0 Å². The molecule has 6 atom stereocenters. The standard InChI is InChI=1S/3C18H35O6P.Fe/c3*1-5-9-11-13-15(7-3)17(19)23-25(21,22)24-18(20)16(8-4)14-12-10-6-2;/h3*15-16H,5-14H2,1-4H3,(H,21,22);. The first-order valence-electron chi connectivity index (χ1n) is 28.8. The van der Waals surface area contributed by atoms with Crippen LogP contribution < -0.4 is 0 Å². The maximum Gasteiger partial charge on any atom is 0.589 e. The van der Waals surface area contributed by atoms with E-state index in [-0.39, 0.29) is 17.1 Å². The molecular formula is C54H105FeO18P3. The normalized spacial score (nSPS) is 15.7. The average molecular weight is 1190 g/mol. The quantitative estimate of drug-likeness (QED) is 0.0291. The molecule has 0 heterocycles. The van der Waals surface area contributed by atoms with Gasteiger partial charge in [0.25, 0.3) is 0 Å². The molecule has 0 bridgehead atoms. The number of hydrogen-bond donors (Lipinski definition) is 3. The third-order valence-corrected chi connectivity index (χ3v) is 15.6. The van der Waals surface area contributed by atoms with Crippen LogP contribution in [0, 0.1) is 35.5 Å². The molecule has 0 aromatic heterocycles. The molecule has 0 aliphatic heterocycles. The van der Waals surface area contributed by atoms with Crippen LogP contribution in [0.2, 0.25) is 0 Å². The first-order chi connectivity index (χ1) is 35.4. The van der Waals surface area contributed by atoms with E-state index < -0.39 is 94.8 Å². The van der Waals surface area contributed by atoms with Crippen molar-refractivity contribution < 1.29 is 101 Å². The first-order valence-corrected chi connectivity index (χ1v) is 33.3. The predicted molar refractivity (Wildman–Crippen MR) is 294 cm³/mol. The topological polar surface area (TPSA) is 270 Å². The van der Waals surface area contributed by atoms with Gasteiger partial charge in [0.15, 0.2) is 0 Å². The molecule has 0 radical (unpaired) electrons. The molecule has 3 N–H and O–H groups in total. The predicted octanol–water partition coefficient (Wildman–Crippen LogP) is 16.2. The Labute approximate surface area is 469 Å². The fourth-order valence-corrected chi connectivity index (χ4v) is 10.3. The van der Waals surface area contributed by atoms with Gasteiger partial charge in [0, 0.05) is 17.1 Å². The van der Waals surface area contributed by atoms with E-state index >= 15 is 0 Å². The summed E-state index contributed by atoms with van der Waals surface area (Å²) in [6, 6.07) is 0. The maximum absolute atomic E-state index is 12.1. The smallest absolute Gasteiger partial charge is 0.361 e. The summed E-state index contributed by atoms with van der Waals surface area (Å²) in [5.41, 5.74) is 0. The maximum atomic E-state index is 12.1. The van der Waals surface area contributed by atoms with Crippen LogP contribution in [-0.4, -0.2) is 50.5 Å². The van der Waals surface area contributed by atoms with Gasteiger partial charge >= 0.3 is 59.3 Å². The molecule has 0 spiro atoms. The van der Waals surface area contributed by atoms with Crippen molar-refractivity contribution in [3.05, 3.63) is 0 Å². The van der Waals surface area contributed by atoms with Gasteiger partial charge in [-0.05, 0) is 77.0 Å². The van der Waals surface area contributed by atoms with E-state index in [1.54, 1.807) is 0 Å². The van der Waals surface area contributed by atoms with Crippen LogP contribution in [0.25, 0.3) is 0 Å². The Balaban J connectivity index is -0.000000508. The van der Waals surface area contributed by atoms with Crippen molar-refractivity contribution in [2.24, 2.45) is 35.5 Å². The summed E-state index contributed by atoms with van der Waals surface area (Å²) in [4.78, 5) is 102. The molecule has 452 valence electrons.